The largest absolute Gasteiger partial charge is 0.477 e. The van der Waals surface area contributed by atoms with Crippen molar-refractivity contribution in [1.29, 1.82) is 0 Å². The van der Waals surface area contributed by atoms with Gasteiger partial charge in [-0.1, -0.05) is 23.8 Å². The van der Waals surface area contributed by atoms with Gasteiger partial charge in [0.05, 0.1) is 4.90 Å². The van der Waals surface area contributed by atoms with Crippen molar-refractivity contribution in [3.63, 3.8) is 0 Å². The molecule has 0 radical (unpaired) electrons. The Kier molecular flexibility index (Phi) is 5.38. The minimum absolute atomic E-state index is 0.0480. The first-order chi connectivity index (χ1) is 17.0. The molecule has 36 heavy (non-hydrogen) atoms. The molecule has 0 aliphatic rings. The summed E-state index contributed by atoms with van der Waals surface area (Å²) in [5.41, 5.74) is 0.861. The third-order valence-corrected chi connectivity index (χ3v) is 8.15. The van der Waals surface area contributed by atoms with Crippen LogP contribution in [0.3, 0.4) is 0 Å². The Morgan fingerprint density at radius 3 is 2.33 bits per heavy atom. The number of rotatable bonds is 5. The number of benzene rings is 2. The van der Waals surface area contributed by atoms with E-state index in [-0.39, 0.29) is 21.4 Å². The van der Waals surface area contributed by atoms with Gasteiger partial charge in [0.2, 0.25) is 0 Å². The summed E-state index contributed by atoms with van der Waals surface area (Å²) in [6.45, 7) is 1.79. The zero-order chi connectivity index (χ0) is 25.9. The Morgan fingerprint density at radius 2 is 1.67 bits per heavy atom. The molecular weight excluding hydrogens is 482 g/mol. The van der Waals surface area contributed by atoms with Crippen molar-refractivity contribution >= 4 is 37.8 Å². The van der Waals surface area contributed by atoms with Crippen molar-refractivity contribution in [2.75, 3.05) is 0 Å². The van der Waals surface area contributed by atoms with Crippen LogP contribution in [-0.2, 0) is 24.1 Å². The van der Waals surface area contributed by atoms with Crippen LogP contribution in [-0.4, -0.2) is 37.7 Å². The predicted molar refractivity (Wildman–Crippen MR) is 135 cm³/mol. The van der Waals surface area contributed by atoms with E-state index < -0.39 is 33.3 Å². The molecule has 1 atom stereocenters. The lowest BCUT2D eigenvalue weighted by atomic mass is 9.99. The fraction of sp³-hybridized carbons (Fsp3) is 0.154. The van der Waals surface area contributed by atoms with Crippen LogP contribution in [0, 0.1) is 6.92 Å². The van der Waals surface area contributed by atoms with Gasteiger partial charge in [-0.25, -0.2) is 17.2 Å². The van der Waals surface area contributed by atoms with Gasteiger partial charge in [-0.15, -0.1) is 0 Å². The summed E-state index contributed by atoms with van der Waals surface area (Å²) in [5.74, 6) is -1.52. The molecular formula is C26H23N3O6S. The molecule has 0 amide bonds. The number of fused-ring (bicyclic) bond motifs is 2. The van der Waals surface area contributed by atoms with Gasteiger partial charge in [0, 0.05) is 43.0 Å². The lowest BCUT2D eigenvalue weighted by Crippen LogP contribution is -2.25. The maximum atomic E-state index is 13.6. The van der Waals surface area contributed by atoms with Crippen LogP contribution in [0.2, 0.25) is 0 Å². The fourth-order valence-corrected chi connectivity index (χ4v) is 6.00. The van der Waals surface area contributed by atoms with E-state index in [2.05, 4.69) is 0 Å². The third-order valence-electron chi connectivity index (χ3n) is 6.42. The first-order valence-corrected chi connectivity index (χ1v) is 12.5. The van der Waals surface area contributed by atoms with E-state index in [4.69, 9.17) is 0 Å². The number of hydrogen-bond donors (Lipinski definition) is 2. The molecule has 0 spiro atoms. The van der Waals surface area contributed by atoms with Crippen LogP contribution in [0.4, 0.5) is 0 Å². The fourth-order valence-electron chi connectivity index (χ4n) is 4.50. The van der Waals surface area contributed by atoms with Crippen LogP contribution in [0.25, 0.3) is 21.8 Å². The maximum absolute atomic E-state index is 13.6. The van der Waals surface area contributed by atoms with Gasteiger partial charge < -0.3 is 19.3 Å². The van der Waals surface area contributed by atoms with E-state index in [0.29, 0.717) is 9.54 Å². The Bertz CT molecular complexity index is 1840. The molecule has 0 saturated carbocycles. The Balaban J connectivity index is 1.80. The average molecular weight is 506 g/mol. The van der Waals surface area contributed by atoms with Crippen molar-refractivity contribution < 1.29 is 23.4 Å². The number of aliphatic hydroxyl groups is 1. The Labute approximate surface area is 206 Å². The van der Waals surface area contributed by atoms with Gasteiger partial charge in [0.1, 0.15) is 17.3 Å². The van der Waals surface area contributed by atoms with Crippen molar-refractivity contribution in [2.45, 2.75) is 17.9 Å². The van der Waals surface area contributed by atoms with E-state index in [1.54, 1.807) is 31.2 Å². The van der Waals surface area contributed by atoms with Gasteiger partial charge in [0.25, 0.3) is 15.6 Å². The maximum Gasteiger partial charge on any atom is 0.353 e. The van der Waals surface area contributed by atoms with E-state index in [1.165, 1.54) is 25.4 Å². The average Bonchev–Trinajstić information content (AvgIpc) is 3.43. The van der Waals surface area contributed by atoms with Gasteiger partial charge in [-0.2, -0.15) is 0 Å². The molecule has 10 heteroatoms. The second-order valence-electron chi connectivity index (χ2n) is 8.83. The molecule has 3 aromatic heterocycles. The standard InChI is InChI=1S/C26H23N3O6S/c1-15-4-7-18(8-5-15)36(34,35)29-22(26(32)33)13-19-20(14-28(3)25(31)23(19)29)24(30)17-6-9-21-16(12-17)10-11-27(21)2/h4-14,24,30H,1-3H3,(H,32,33). The van der Waals surface area contributed by atoms with Crippen molar-refractivity contribution in [3.05, 3.63) is 99.7 Å². The summed E-state index contributed by atoms with van der Waals surface area (Å²) < 4.78 is 30.8. The Hall–Kier alpha value is -4.15. The molecule has 0 fully saturated rings. The van der Waals surface area contributed by atoms with Crippen LogP contribution >= 0.6 is 0 Å². The molecule has 0 saturated heterocycles. The lowest BCUT2D eigenvalue weighted by molar-refractivity contribution is 0.0689. The molecule has 1 unspecified atom stereocenters. The minimum Gasteiger partial charge on any atom is -0.477 e. The predicted octanol–water partition coefficient (Wildman–Crippen LogP) is 3.16. The number of hydrogen-bond acceptors (Lipinski definition) is 5. The highest BCUT2D eigenvalue weighted by Crippen LogP contribution is 2.33. The van der Waals surface area contributed by atoms with Crippen LogP contribution in [0.15, 0.2) is 76.7 Å². The van der Waals surface area contributed by atoms with Gasteiger partial charge in [0.15, 0.2) is 0 Å². The highest BCUT2D eigenvalue weighted by Gasteiger charge is 2.30. The summed E-state index contributed by atoms with van der Waals surface area (Å²) in [4.78, 5) is 25.2. The first kappa shape index (κ1) is 23.6. The number of carboxylic acid groups (broad SMARTS) is 1. The number of nitrogens with zero attached hydrogens (tertiary/aromatic N) is 3. The number of aryl methyl sites for hydroxylation is 3. The summed E-state index contributed by atoms with van der Waals surface area (Å²) in [6.07, 6.45) is 2.04. The molecule has 2 aromatic carbocycles. The van der Waals surface area contributed by atoms with E-state index in [0.717, 1.165) is 27.1 Å². The number of carbonyl (C=O) groups is 1. The smallest absolute Gasteiger partial charge is 0.353 e. The second kappa shape index (κ2) is 8.21. The first-order valence-electron chi connectivity index (χ1n) is 11.0. The molecule has 0 aliphatic heterocycles. The molecule has 0 bridgehead atoms. The highest BCUT2D eigenvalue weighted by molar-refractivity contribution is 7.90. The normalized spacial score (nSPS) is 12.9. The quantitative estimate of drug-likeness (QED) is 0.378. The van der Waals surface area contributed by atoms with Crippen LogP contribution in [0.5, 0.6) is 0 Å². The SMILES string of the molecule is Cc1ccc(S(=O)(=O)n2c(C(=O)O)cc3c(C(O)c4ccc5c(ccn5C)c4)cn(C)c(=O)c32)cc1. The van der Waals surface area contributed by atoms with Gasteiger partial charge in [-0.3, -0.25) is 4.79 Å². The summed E-state index contributed by atoms with van der Waals surface area (Å²) in [5, 5.41) is 22.2. The summed E-state index contributed by atoms with van der Waals surface area (Å²) in [6, 6.07) is 14.3. The number of aromatic carboxylic acids is 1. The molecule has 9 nitrogen and oxygen atoms in total. The minimum atomic E-state index is -4.45. The zero-order valence-corrected chi connectivity index (χ0v) is 20.5. The number of aliphatic hydroxyl groups excluding tert-OH is 1. The monoisotopic (exact) mass is 505 g/mol. The number of aromatic nitrogens is 3. The molecule has 5 aromatic rings. The highest BCUT2D eigenvalue weighted by atomic mass is 32.2. The third kappa shape index (κ3) is 3.53. The molecule has 5 rings (SSSR count). The van der Waals surface area contributed by atoms with Crippen LogP contribution in [0.1, 0.15) is 33.3 Å². The van der Waals surface area contributed by atoms with Crippen molar-refractivity contribution in [1.82, 2.24) is 13.1 Å². The number of pyridine rings is 1. The van der Waals surface area contributed by atoms with E-state index in [9.17, 15) is 28.2 Å². The van der Waals surface area contributed by atoms with E-state index >= 15 is 0 Å². The number of carboxylic acids is 1. The molecule has 3 heterocycles. The van der Waals surface area contributed by atoms with Gasteiger partial charge in [-0.05, 0) is 54.3 Å². The van der Waals surface area contributed by atoms with E-state index in [1.807, 2.05) is 29.9 Å². The summed E-state index contributed by atoms with van der Waals surface area (Å²) in [7, 11) is -1.12. The summed E-state index contributed by atoms with van der Waals surface area (Å²) >= 11 is 0. The Morgan fingerprint density at radius 1 is 0.972 bits per heavy atom. The zero-order valence-electron chi connectivity index (χ0n) is 19.7. The van der Waals surface area contributed by atoms with Crippen molar-refractivity contribution in [3.8, 4) is 0 Å². The topological polar surface area (TPSA) is 124 Å². The van der Waals surface area contributed by atoms with Crippen LogP contribution < -0.4 is 5.56 Å². The van der Waals surface area contributed by atoms with Crippen molar-refractivity contribution in [2.24, 2.45) is 14.1 Å². The molecule has 0 aliphatic carbocycles. The molecule has 184 valence electrons. The van der Waals surface area contributed by atoms with Gasteiger partial charge >= 0.3 is 5.97 Å². The molecule has 2 N–H and O–H groups in total. The lowest BCUT2D eigenvalue weighted by Gasteiger charge is -2.16. The second-order valence-corrected chi connectivity index (χ2v) is 10.6.